The molecule has 0 bridgehead atoms. The van der Waals surface area contributed by atoms with Gasteiger partial charge in [-0.2, -0.15) is 0 Å². The van der Waals surface area contributed by atoms with Crippen LogP contribution in [0.1, 0.15) is 94.7 Å². The highest BCUT2D eigenvalue weighted by molar-refractivity contribution is 5.71. The Hall–Kier alpha value is -1.83. The summed E-state index contributed by atoms with van der Waals surface area (Å²) >= 11 is 0. The number of hydrogen-bond acceptors (Lipinski definition) is 2. The van der Waals surface area contributed by atoms with Crippen molar-refractivity contribution >= 4 is 12.2 Å². The number of aromatic nitrogens is 1. The van der Waals surface area contributed by atoms with Crippen LogP contribution in [0.15, 0.2) is 28.9 Å². The van der Waals surface area contributed by atoms with Gasteiger partial charge in [0, 0.05) is 6.07 Å². The zero-order valence-corrected chi connectivity index (χ0v) is 16.5. The maximum atomic E-state index is 5.23. The molecular weight excluding hydrogens is 306 g/mol. The number of nitrogens with zero attached hydrogens (tertiary/aromatic N) is 1. The van der Waals surface area contributed by atoms with Crippen molar-refractivity contribution in [1.82, 2.24) is 5.16 Å². The molecule has 25 heavy (non-hydrogen) atoms. The Morgan fingerprint density at radius 3 is 2.28 bits per heavy atom. The fraction of sp³-hybridized carbons (Fsp3) is 0.522. The Morgan fingerprint density at radius 1 is 1.08 bits per heavy atom. The first-order valence-corrected chi connectivity index (χ1v) is 9.52. The molecule has 1 atom stereocenters. The van der Waals surface area contributed by atoms with Gasteiger partial charge < -0.3 is 4.52 Å². The van der Waals surface area contributed by atoms with Gasteiger partial charge in [0.2, 0.25) is 0 Å². The molecule has 0 saturated carbocycles. The molecule has 1 aromatic heterocycles. The van der Waals surface area contributed by atoms with E-state index in [-0.39, 0.29) is 10.8 Å². The molecular formula is C23H31NO. The van der Waals surface area contributed by atoms with E-state index in [1.54, 1.807) is 6.20 Å². The molecule has 2 heteroatoms. The Kier molecular flexibility index (Phi) is 4.66. The van der Waals surface area contributed by atoms with Crippen LogP contribution in [0.4, 0.5) is 0 Å². The maximum absolute atomic E-state index is 5.23. The summed E-state index contributed by atoms with van der Waals surface area (Å²) < 4.78 is 5.23. The van der Waals surface area contributed by atoms with Gasteiger partial charge in [-0.05, 0) is 64.3 Å². The molecule has 0 N–H and O–H groups in total. The van der Waals surface area contributed by atoms with Gasteiger partial charge in [0.05, 0.1) is 6.20 Å². The van der Waals surface area contributed by atoms with Gasteiger partial charge >= 0.3 is 0 Å². The van der Waals surface area contributed by atoms with E-state index in [9.17, 15) is 0 Å². The van der Waals surface area contributed by atoms with Gasteiger partial charge in [0.1, 0.15) is 0 Å². The van der Waals surface area contributed by atoms with Crippen LogP contribution in [-0.2, 0) is 10.8 Å². The third kappa shape index (κ3) is 3.44. The minimum Gasteiger partial charge on any atom is -0.357 e. The lowest BCUT2D eigenvalue weighted by atomic mass is 9.62. The van der Waals surface area contributed by atoms with Crippen LogP contribution < -0.4 is 0 Å². The van der Waals surface area contributed by atoms with Crippen LogP contribution in [0.2, 0.25) is 0 Å². The smallest absolute Gasteiger partial charge is 0.159 e. The molecule has 1 unspecified atom stereocenters. The summed E-state index contributed by atoms with van der Waals surface area (Å²) in [6, 6.07) is 6.82. The van der Waals surface area contributed by atoms with Crippen molar-refractivity contribution in [2.75, 3.05) is 0 Å². The molecule has 0 fully saturated rings. The molecule has 0 spiro atoms. The fourth-order valence-electron chi connectivity index (χ4n) is 3.92. The molecule has 2 nitrogen and oxygen atoms in total. The van der Waals surface area contributed by atoms with E-state index in [1.165, 1.54) is 35.1 Å². The highest BCUT2D eigenvalue weighted by atomic mass is 16.5. The van der Waals surface area contributed by atoms with Crippen molar-refractivity contribution in [2.24, 2.45) is 0 Å². The van der Waals surface area contributed by atoms with Crippen LogP contribution in [-0.4, -0.2) is 5.16 Å². The van der Waals surface area contributed by atoms with Crippen LogP contribution in [0.5, 0.6) is 0 Å². The second kappa shape index (κ2) is 6.48. The largest absolute Gasteiger partial charge is 0.357 e. The Labute approximate surface area is 152 Å². The second-order valence-electron chi connectivity index (χ2n) is 8.85. The molecule has 2 aromatic rings. The van der Waals surface area contributed by atoms with Crippen molar-refractivity contribution in [3.63, 3.8) is 0 Å². The molecule has 0 amide bonds. The zero-order valence-electron chi connectivity index (χ0n) is 16.5. The summed E-state index contributed by atoms with van der Waals surface area (Å²) in [5.74, 6) is 1.34. The lowest BCUT2D eigenvalue weighted by molar-refractivity contribution is 0.331. The summed E-state index contributed by atoms with van der Waals surface area (Å²) in [6.07, 6.45) is 9.54. The quantitative estimate of drug-likeness (QED) is 0.620. The Bertz CT molecular complexity index is 766. The summed E-state index contributed by atoms with van der Waals surface area (Å²) in [4.78, 5) is 0. The van der Waals surface area contributed by atoms with E-state index in [0.29, 0.717) is 5.92 Å². The zero-order chi connectivity index (χ0) is 18.2. The summed E-state index contributed by atoms with van der Waals surface area (Å²) in [6.45, 7) is 14.1. The Morgan fingerprint density at radius 2 is 1.72 bits per heavy atom. The van der Waals surface area contributed by atoms with Crippen LogP contribution in [0.25, 0.3) is 12.2 Å². The average Bonchev–Trinajstić information content (AvgIpc) is 3.09. The highest BCUT2D eigenvalue weighted by Crippen LogP contribution is 2.47. The predicted octanol–water partition coefficient (Wildman–Crippen LogP) is 6.71. The SMILES string of the molecule is CCC(C)c1cc2c(cc1C=Cc1ccno1)C(C)(C)CCC2(C)C. The molecule has 134 valence electrons. The van der Waals surface area contributed by atoms with Crippen LogP contribution >= 0.6 is 0 Å². The lowest BCUT2D eigenvalue weighted by Crippen LogP contribution is -2.34. The summed E-state index contributed by atoms with van der Waals surface area (Å²) in [7, 11) is 0. The lowest BCUT2D eigenvalue weighted by Gasteiger charge is -2.42. The van der Waals surface area contributed by atoms with E-state index in [0.717, 1.165) is 12.2 Å². The number of rotatable bonds is 4. The molecule has 0 radical (unpaired) electrons. The first-order chi connectivity index (χ1) is 11.7. The third-order valence-electron chi connectivity index (χ3n) is 6.08. The maximum Gasteiger partial charge on any atom is 0.159 e. The third-order valence-corrected chi connectivity index (χ3v) is 6.08. The van der Waals surface area contributed by atoms with Gasteiger partial charge in [-0.3, -0.25) is 0 Å². The Balaban J connectivity index is 2.16. The van der Waals surface area contributed by atoms with Crippen molar-refractivity contribution in [3.05, 3.63) is 52.4 Å². The second-order valence-corrected chi connectivity index (χ2v) is 8.85. The van der Waals surface area contributed by atoms with E-state index in [2.05, 4.69) is 64.9 Å². The minimum absolute atomic E-state index is 0.230. The highest BCUT2D eigenvalue weighted by Gasteiger charge is 2.37. The standard InChI is InChI=1S/C23H31NO/c1-7-16(2)19-15-21-20(22(3,4)11-12-23(21,5)6)14-17(19)8-9-18-10-13-24-25-18/h8-10,13-16H,7,11-12H2,1-6H3. The predicted molar refractivity (Wildman–Crippen MR) is 106 cm³/mol. The van der Waals surface area contributed by atoms with Gasteiger partial charge in [0.15, 0.2) is 5.76 Å². The monoisotopic (exact) mass is 337 g/mol. The van der Waals surface area contributed by atoms with Gasteiger partial charge in [0.25, 0.3) is 0 Å². The topological polar surface area (TPSA) is 26.0 Å². The van der Waals surface area contributed by atoms with Crippen molar-refractivity contribution in [1.29, 1.82) is 0 Å². The summed E-state index contributed by atoms with van der Waals surface area (Å²) in [5, 5.41) is 3.79. The van der Waals surface area contributed by atoms with Gasteiger partial charge in [-0.25, -0.2) is 0 Å². The molecule has 0 saturated heterocycles. The average molecular weight is 338 g/mol. The molecule has 1 aliphatic carbocycles. The summed E-state index contributed by atoms with van der Waals surface area (Å²) in [5.41, 5.74) is 6.29. The molecule has 3 rings (SSSR count). The van der Waals surface area contributed by atoms with Gasteiger partial charge in [-0.15, -0.1) is 0 Å². The molecule has 1 aromatic carbocycles. The fourth-order valence-corrected chi connectivity index (χ4v) is 3.92. The van der Waals surface area contributed by atoms with E-state index in [1.807, 2.05) is 12.1 Å². The number of fused-ring (bicyclic) bond motifs is 1. The van der Waals surface area contributed by atoms with Crippen LogP contribution in [0, 0.1) is 0 Å². The minimum atomic E-state index is 0.230. The van der Waals surface area contributed by atoms with Crippen molar-refractivity contribution in [2.45, 2.75) is 77.6 Å². The van der Waals surface area contributed by atoms with E-state index >= 15 is 0 Å². The van der Waals surface area contributed by atoms with Crippen LogP contribution in [0.3, 0.4) is 0 Å². The van der Waals surface area contributed by atoms with Crippen molar-refractivity contribution in [3.8, 4) is 0 Å². The number of hydrogen-bond donors (Lipinski definition) is 0. The van der Waals surface area contributed by atoms with Crippen molar-refractivity contribution < 1.29 is 4.52 Å². The first kappa shape index (κ1) is 18.0. The molecule has 0 aliphatic heterocycles. The van der Waals surface area contributed by atoms with Gasteiger partial charge in [-0.1, -0.05) is 64.9 Å². The molecule has 1 heterocycles. The van der Waals surface area contributed by atoms with E-state index in [4.69, 9.17) is 4.52 Å². The first-order valence-electron chi connectivity index (χ1n) is 9.52. The normalized spacial score (nSPS) is 19.8. The van der Waals surface area contributed by atoms with E-state index < -0.39 is 0 Å². The molecule has 1 aliphatic rings. The number of benzene rings is 1.